The van der Waals surface area contributed by atoms with Gasteiger partial charge in [0.15, 0.2) is 10.9 Å². The number of esters is 1. The van der Waals surface area contributed by atoms with Crippen LogP contribution in [-0.4, -0.2) is 34.9 Å². The van der Waals surface area contributed by atoms with E-state index in [1.54, 1.807) is 4.90 Å². The molecule has 10 heteroatoms. The molecule has 1 aromatic heterocycles. The first-order chi connectivity index (χ1) is 14.9. The topological polar surface area (TPSA) is 103 Å². The molecule has 158 valence electrons. The summed E-state index contributed by atoms with van der Waals surface area (Å²) in [4.78, 5) is 42.1. The lowest BCUT2D eigenvalue weighted by molar-refractivity contribution is -0.387. The van der Waals surface area contributed by atoms with Crippen LogP contribution < -0.4 is 4.90 Å². The molecular formula is C21H17N3O5S2. The summed E-state index contributed by atoms with van der Waals surface area (Å²) in [6, 6.07) is 11.7. The number of carbonyl (C=O) groups excluding carboxylic acids is 2. The zero-order chi connectivity index (χ0) is 22.0. The van der Waals surface area contributed by atoms with E-state index >= 15 is 0 Å². The highest BCUT2D eigenvalue weighted by Crippen LogP contribution is 2.37. The van der Waals surface area contributed by atoms with Crippen LogP contribution in [0.5, 0.6) is 0 Å². The van der Waals surface area contributed by atoms with Crippen LogP contribution in [0, 0.1) is 17.0 Å². The first-order valence-corrected chi connectivity index (χ1v) is 11.1. The summed E-state index contributed by atoms with van der Waals surface area (Å²) in [7, 11) is 0. The van der Waals surface area contributed by atoms with Gasteiger partial charge in [0.2, 0.25) is 0 Å². The molecule has 0 saturated carbocycles. The van der Waals surface area contributed by atoms with Crippen molar-refractivity contribution in [1.29, 1.82) is 0 Å². The number of ether oxygens (including phenoxy) is 1. The van der Waals surface area contributed by atoms with Gasteiger partial charge in [-0.05, 0) is 37.1 Å². The molecule has 3 aromatic rings. The number of aromatic nitrogens is 1. The number of carbonyl (C=O) groups is 2. The molecule has 0 atom stereocenters. The van der Waals surface area contributed by atoms with E-state index in [4.69, 9.17) is 4.74 Å². The van der Waals surface area contributed by atoms with E-state index in [-0.39, 0.29) is 17.2 Å². The summed E-state index contributed by atoms with van der Waals surface area (Å²) in [6.45, 7) is 1.94. The van der Waals surface area contributed by atoms with Crippen LogP contribution in [0.2, 0.25) is 0 Å². The molecule has 8 nitrogen and oxygen atoms in total. The third-order valence-electron chi connectivity index (χ3n) is 4.70. The van der Waals surface area contributed by atoms with E-state index in [0.717, 1.165) is 23.4 Å². The zero-order valence-electron chi connectivity index (χ0n) is 16.4. The van der Waals surface area contributed by atoms with Crippen LogP contribution in [0.1, 0.15) is 21.6 Å². The molecule has 4 rings (SSSR count). The quantitative estimate of drug-likeness (QED) is 0.311. The molecule has 0 N–H and O–H groups in total. The summed E-state index contributed by atoms with van der Waals surface area (Å²) in [5.74, 6) is -1.12. The van der Waals surface area contributed by atoms with E-state index in [0.29, 0.717) is 15.8 Å². The maximum atomic E-state index is 12.5. The maximum absolute atomic E-state index is 12.5. The lowest BCUT2D eigenvalue weighted by Gasteiger charge is -2.17. The summed E-state index contributed by atoms with van der Waals surface area (Å²) in [6.07, 6.45) is 0.750. The van der Waals surface area contributed by atoms with Crippen LogP contribution in [0.3, 0.4) is 0 Å². The van der Waals surface area contributed by atoms with Gasteiger partial charge in [-0.1, -0.05) is 30.0 Å². The normalized spacial score (nSPS) is 12.5. The number of para-hydroxylation sites is 1. The Morgan fingerprint density at radius 2 is 2.10 bits per heavy atom. The molecule has 0 bridgehead atoms. The fraction of sp³-hybridized carbons (Fsp3) is 0.190. The van der Waals surface area contributed by atoms with E-state index in [1.807, 2.05) is 36.6 Å². The Labute approximate surface area is 186 Å². The number of benzene rings is 2. The monoisotopic (exact) mass is 455 g/mol. The van der Waals surface area contributed by atoms with Gasteiger partial charge in [-0.25, -0.2) is 9.78 Å². The number of thiazole rings is 1. The smallest absolute Gasteiger partial charge is 0.338 e. The molecule has 0 saturated heterocycles. The van der Waals surface area contributed by atoms with E-state index in [9.17, 15) is 19.7 Å². The third-order valence-corrected chi connectivity index (χ3v) is 6.82. The van der Waals surface area contributed by atoms with E-state index in [1.165, 1.54) is 41.3 Å². The van der Waals surface area contributed by atoms with Crippen LogP contribution in [0.15, 0.2) is 57.1 Å². The Balaban J connectivity index is 1.44. The lowest BCUT2D eigenvalue weighted by atomic mass is 10.2. The van der Waals surface area contributed by atoms with E-state index < -0.39 is 17.5 Å². The Morgan fingerprint density at radius 3 is 2.84 bits per heavy atom. The molecule has 1 aliphatic heterocycles. The number of rotatable bonds is 6. The van der Waals surface area contributed by atoms with Crippen molar-refractivity contribution in [3.63, 3.8) is 0 Å². The molecule has 1 amide bonds. The molecular weight excluding hydrogens is 438 g/mol. The molecule has 0 unspecified atom stereocenters. The first-order valence-electron chi connectivity index (χ1n) is 9.36. The number of fused-ring (bicyclic) bond motifs is 1. The highest BCUT2D eigenvalue weighted by atomic mass is 32.2. The van der Waals surface area contributed by atoms with Crippen molar-refractivity contribution in [2.75, 3.05) is 18.1 Å². The average Bonchev–Trinajstić information content (AvgIpc) is 3.38. The average molecular weight is 456 g/mol. The van der Waals surface area contributed by atoms with Gasteiger partial charge in [-0.15, -0.1) is 11.3 Å². The van der Waals surface area contributed by atoms with Gasteiger partial charge in [0, 0.05) is 29.4 Å². The Kier molecular flexibility index (Phi) is 6.01. The highest BCUT2D eigenvalue weighted by molar-refractivity contribution is 8.01. The van der Waals surface area contributed by atoms with Crippen molar-refractivity contribution in [1.82, 2.24) is 4.98 Å². The summed E-state index contributed by atoms with van der Waals surface area (Å²) in [5, 5.41) is 13.4. The minimum Gasteiger partial charge on any atom is -0.452 e. The molecule has 0 spiro atoms. The number of hydrogen-bond donors (Lipinski definition) is 0. The molecule has 2 heterocycles. The molecule has 2 aromatic carbocycles. The Morgan fingerprint density at radius 1 is 1.29 bits per heavy atom. The molecule has 31 heavy (non-hydrogen) atoms. The van der Waals surface area contributed by atoms with Gasteiger partial charge in [-0.3, -0.25) is 14.9 Å². The predicted octanol–water partition coefficient (Wildman–Crippen LogP) is 4.26. The standard InChI is InChI=1S/C21H17N3O5S2/c1-13-12-30-21(22-13)31-18-7-6-15(10-17(18)24(27)28)20(26)29-11-19(25)23-9-8-14-4-2-3-5-16(14)23/h2-7,10,12H,8-9,11H2,1H3. The van der Waals surface area contributed by atoms with Crippen molar-refractivity contribution in [2.24, 2.45) is 0 Å². The van der Waals surface area contributed by atoms with Gasteiger partial charge < -0.3 is 9.64 Å². The maximum Gasteiger partial charge on any atom is 0.338 e. The molecule has 0 radical (unpaired) electrons. The van der Waals surface area contributed by atoms with Crippen molar-refractivity contribution in [2.45, 2.75) is 22.6 Å². The van der Waals surface area contributed by atoms with Gasteiger partial charge >= 0.3 is 5.97 Å². The Hall–Kier alpha value is -3.24. The minimum absolute atomic E-state index is 0.0148. The fourth-order valence-electron chi connectivity index (χ4n) is 3.23. The first kappa shape index (κ1) is 21.0. The number of nitro groups is 1. The minimum atomic E-state index is -0.787. The number of nitrogens with zero attached hydrogens (tertiary/aromatic N) is 3. The van der Waals surface area contributed by atoms with Crippen molar-refractivity contribution in [3.8, 4) is 0 Å². The summed E-state index contributed by atoms with van der Waals surface area (Å²) < 4.78 is 5.82. The zero-order valence-corrected chi connectivity index (χ0v) is 18.1. The summed E-state index contributed by atoms with van der Waals surface area (Å²) >= 11 is 2.55. The van der Waals surface area contributed by atoms with Gasteiger partial charge in [0.05, 0.1) is 15.4 Å². The predicted molar refractivity (Wildman–Crippen MR) is 117 cm³/mol. The fourth-order valence-corrected chi connectivity index (χ4v) is 5.11. The van der Waals surface area contributed by atoms with Crippen molar-refractivity contribution < 1.29 is 19.2 Å². The van der Waals surface area contributed by atoms with E-state index in [2.05, 4.69) is 4.98 Å². The molecule has 0 fully saturated rings. The largest absolute Gasteiger partial charge is 0.452 e. The Bertz CT molecular complexity index is 1180. The van der Waals surface area contributed by atoms with Gasteiger partial charge in [0.25, 0.3) is 11.6 Å². The molecule has 0 aliphatic carbocycles. The number of aryl methyl sites for hydroxylation is 1. The number of nitro benzene ring substituents is 1. The SMILES string of the molecule is Cc1csc(Sc2ccc(C(=O)OCC(=O)N3CCc4ccccc43)cc2[N+](=O)[O-])n1. The molecule has 1 aliphatic rings. The number of anilines is 1. The highest BCUT2D eigenvalue weighted by Gasteiger charge is 2.26. The van der Waals surface area contributed by atoms with Gasteiger partial charge in [0.1, 0.15) is 0 Å². The summed E-state index contributed by atoms with van der Waals surface area (Å²) in [5.41, 5.74) is 2.52. The van der Waals surface area contributed by atoms with Crippen molar-refractivity contribution in [3.05, 3.63) is 74.8 Å². The number of hydrogen-bond acceptors (Lipinski definition) is 8. The second kappa shape index (κ2) is 8.86. The van der Waals surface area contributed by atoms with Gasteiger partial charge in [-0.2, -0.15) is 0 Å². The second-order valence-electron chi connectivity index (χ2n) is 6.80. The lowest BCUT2D eigenvalue weighted by Crippen LogP contribution is -2.33. The van der Waals surface area contributed by atoms with Crippen molar-refractivity contribution >= 4 is 46.3 Å². The second-order valence-corrected chi connectivity index (χ2v) is 8.94. The number of amides is 1. The van der Waals surface area contributed by atoms with Crippen LogP contribution in [-0.2, 0) is 16.0 Å². The van der Waals surface area contributed by atoms with Crippen LogP contribution in [0.25, 0.3) is 0 Å². The van der Waals surface area contributed by atoms with Crippen LogP contribution >= 0.6 is 23.1 Å². The van der Waals surface area contributed by atoms with Crippen LogP contribution in [0.4, 0.5) is 11.4 Å². The third kappa shape index (κ3) is 4.59.